The lowest BCUT2D eigenvalue weighted by atomic mass is 10.1. The molecule has 0 spiro atoms. The summed E-state index contributed by atoms with van der Waals surface area (Å²) in [6.07, 6.45) is 2.44. The average molecular weight is 364 g/mol. The fraction of sp³-hybridized carbons (Fsp3) is 0.556. The first-order chi connectivity index (χ1) is 12.0. The van der Waals surface area contributed by atoms with Gasteiger partial charge in [-0.1, -0.05) is 0 Å². The number of benzene rings is 1. The van der Waals surface area contributed by atoms with Crippen molar-refractivity contribution in [2.75, 3.05) is 20.8 Å². The molecule has 1 N–H and O–H groups in total. The lowest BCUT2D eigenvalue weighted by molar-refractivity contribution is -0.130. The van der Waals surface area contributed by atoms with Gasteiger partial charge in [0.15, 0.2) is 0 Å². The average Bonchev–Trinajstić information content (AvgIpc) is 3.38. The monoisotopic (exact) mass is 364 g/mol. The molecule has 1 saturated heterocycles. The second-order valence-electron chi connectivity index (χ2n) is 6.36. The zero-order chi connectivity index (χ0) is 18.0. The predicted octanol–water partition coefficient (Wildman–Crippen LogP) is 2.33. The first-order valence-corrected chi connectivity index (χ1v) is 9.45. The van der Waals surface area contributed by atoms with Gasteiger partial charge in [-0.3, -0.25) is 9.59 Å². The van der Waals surface area contributed by atoms with Gasteiger partial charge in [0.05, 0.1) is 19.5 Å². The van der Waals surface area contributed by atoms with E-state index in [1.807, 2.05) is 25.1 Å². The van der Waals surface area contributed by atoms with Gasteiger partial charge in [0.1, 0.15) is 16.9 Å². The quantitative estimate of drug-likeness (QED) is 0.804. The Morgan fingerprint density at radius 1 is 1.32 bits per heavy atom. The highest BCUT2D eigenvalue weighted by Crippen LogP contribution is 2.46. The number of carbonyl (C=O) groups is 2. The van der Waals surface area contributed by atoms with Gasteiger partial charge in [-0.15, -0.1) is 11.8 Å². The van der Waals surface area contributed by atoms with Crippen molar-refractivity contribution in [1.82, 2.24) is 10.2 Å². The highest BCUT2D eigenvalue weighted by Gasteiger charge is 2.40. The maximum atomic E-state index is 12.6. The van der Waals surface area contributed by atoms with Gasteiger partial charge in [-0.2, -0.15) is 0 Å². The summed E-state index contributed by atoms with van der Waals surface area (Å²) in [5, 5.41) is 2.65. The molecule has 2 atom stereocenters. The number of rotatable bonds is 7. The van der Waals surface area contributed by atoms with Crippen LogP contribution in [0.1, 0.15) is 37.1 Å². The largest absolute Gasteiger partial charge is 0.497 e. The molecule has 1 aromatic carbocycles. The Balaban J connectivity index is 1.77. The molecule has 3 rings (SSSR count). The molecule has 2 aliphatic rings. The molecule has 25 heavy (non-hydrogen) atoms. The minimum atomic E-state index is -0.179. The van der Waals surface area contributed by atoms with Crippen molar-refractivity contribution in [2.24, 2.45) is 0 Å². The van der Waals surface area contributed by atoms with Gasteiger partial charge in [-0.05, 0) is 38.0 Å². The minimum absolute atomic E-state index is 0.0104. The van der Waals surface area contributed by atoms with Crippen molar-refractivity contribution < 1.29 is 19.1 Å². The first kappa shape index (κ1) is 17.9. The molecule has 136 valence electrons. The Morgan fingerprint density at radius 2 is 2.08 bits per heavy atom. The fourth-order valence-corrected chi connectivity index (χ4v) is 4.25. The fourth-order valence-electron chi connectivity index (χ4n) is 2.92. The van der Waals surface area contributed by atoms with Crippen LogP contribution in [0.2, 0.25) is 0 Å². The number of thioether (sulfide) groups is 1. The molecule has 7 heteroatoms. The van der Waals surface area contributed by atoms with E-state index in [-0.39, 0.29) is 22.4 Å². The van der Waals surface area contributed by atoms with E-state index >= 15 is 0 Å². The van der Waals surface area contributed by atoms with E-state index in [9.17, 15) is 9.59 Å². The number of hydrogen-bond donors (Lipinski definition) is 1. The summed E-state index contributed by atoms with van der Waals surface area (Å²) in [6.45, 7) is 2.30. The standard InChI is InChI=1S/C18H24N2O4S/c1-11-17(22)20(9-8-16(21)19-12-4-5-12)18(25-11)14-10-13(23-2)6-7-15(14)24-3/h6-7,10-12,18H,4-5,8-9H2,1-3H3,(H,19,21)/t11-,18+/m0/s1. The van der Waals surface area contributed by atoms with Gasteiger partial charge in [0.2, 0.25) is 11.8 Å². The van der Waals surface area contributed by atoms with E-state index < -0.39 is 0 Å². The van der Waals surface area contributed by atoms with Crippen LogP contribution >= 0.6 is 11.8 Å². The first-order valence-electron chi connectivity index (χ1n) is 8.50. The van der Waals surface area contributed by atoms with Gasteiger partial charge in [0, 0.05) is 24.6 Å². The summed E-state index contributed by atoms with van der Waals surface area (Å²) >= 11 is 1.57. The van der Waals surface area contributed by atoms with Crippen LogP contribution in [0.15, 0.2) is 18.2 Å². The van der Waals surface area contributed by atoms with Crippen molar-refractivity contribution in [2.45, 2.75) is 42.9 Å². The number of nitrogens with zero attached hydrogens (tertiary/aromatic N) is 1. The summed E-state index contributed by atoms with van der Waals surface area (Å²) < 4.78 is 10.8. The van der Waals surface area contributed by atoms with E-state index in [0.717, 1.165) is 24.2 Å². The summed E-state index contributed by atoms with van der Waals surface area (Å²) in [5.41, 5.74) is 0.896. The van der Waals surface area contributed by atoms with E-state index in [0.29, 0.717) is 24.8 Å². The van der Waals surface area contributed by atoms with Gasteiger partial charge < -0.3 is 19.7 Å². The van der Waals surface area contributed by atoms with Gasteiger partial charge in [0.25, 0.3) is 0 Å². The van der Waals surface area contributed by atoms with Crippen LogP contribution in [0.25, 0.3) is 0 Å². The molecule has 1 aliphatic heterocycles. The number of methoxy groups -OCH3 is 2. The van der Waals surface area contributed by atoms with Crippen LogP contribution in [0, 0.1) is 0 Å². The number of ether oxygens (including phenoxy) is 2. The van der Waals surface area contributed by atoms with Crippen molar-refractivity contribution in [1.29, 1.82) is 0 Å². The third-order valence-electron chi connectivity index (χ3n) is 4.47. The van der Waals surface area contributed by atoms with E-state index in [1.54, 1.807) is 30.9 Å². The summed E-state index contributed by atoms with van der Waals surface area (Å²) in [5.74, 6) is 1.50. The van der Waals surface area contributed by atoms with Crippen molar-refractivity contribution in [3.8, 4) is 11.5 Å². The number of hydrogen-bond acceptors (Lipinski definition) is 5. The summed E-state index contributed by atoms with van der Waals surface area (Å²) in [6, 6.07) is 5.92. The van der Waals surface area contributed by atoms with Crippen LogP contribution in [0.3, 0.4) is 0 Å². The van der Waals surface area contributed by atoms with Crippen LogP contribution in [-0.2, 0) is 9.59 Å². The molecular weight excluding hydrogens is 340 g/mol. The van der Waals surface area contributed by atoms with Crippen LogP contribution in [0.4, 0.5) is 0 Å². The lowest BCUT2D eigenvalue weighted by Gasteiger charge is -2.25. The zero-order valence-corrected chi connectivity index (χ0v) is 15.6. The predicted molar refractivity (Wildman–Crippen MR) is 96.8 cm³/mol. The molecule has 1 saturated carbocycles. The number of amides is 2. The van der Waals surface area contributed by atoms with Gasteiger partial charge >= 0.3 is 0 Å². The molecule has 0 radical (unpaired) electrons. The highest BCUT2D eigenvalue weighted by atomic mass is 32.2. The molecule has 0 bridgehead atoms. The third kappa shape index (κ3) is 4.03. The molecule has 1 aliphatic carbocycles. The Labute approximate surface area is 152 Å². The maximum absolute atomic E-state index is 12.6. The summed E-state index contributed by atoms with van der Waals surface area (Å²) in [4.78, 5) is 26.4. The Morgan fingerprint density at radius 3 is 2.72 bits per heavy atom. The van der Waals surface area contributed by atoms with Crippen molar-refractivity contribution in [3.63, 3.8) is 0 Å². The minimum Gasteiger partial charge on any atom is -0.497 e. The number of carbonyl (C=O) groups excluding carboxylic acids is 2. The Bertz CT molecular complexity index is 662. The van der Waals surface area contributed by atoms with E-state index in [2.05, 4.69) is 5.32 Å². The van der Waals surface area contributed by atoms with E-state index in [1.165, 1.54) is 0 Å². The molecule has 6 nitrogen and oxygen atoms in total. The second kappa shape index (κ2) is 7.56. The number of nitrogens with one attached hydrogen (secondary N) is 1. The third-order valence-corrected chi connectivity index (χ3v) is 5.85. The Kier molecular flexibility index (Phi) is 5.42. The lowest BCUT2D eigenvalue weighted by Crippen LogP contribution is -2.35. The topological polar surface area (TPSA) is 67.9 Å². The van der Waals surface area contributed by atoms with E-state index in [4.69, 9.17) is 9.47 Å². The molecule has 0 aromatic heterocycles. The normalized spacial score (nSPS) is 22.8. The second-order valence-corrected chi connectivity index (χ2v) is 7.79. The van der Waals surface area contributed by atoms with Crippen molar-refractivity contribution >= 4 is 23.6 Å². The SMILES string of the molecule is COc1ccc(OC)c([C@H]2S[C@@H](C)C(=O)N2CCC(=O)NC2CC2)c1. The molecule has 1 heterocycles. The molecule has 1 aromatic rings. The van der Waals surface area contributed by atoms with Crippen molar-refractivity contribution in [3.05, 3.63) is 23.8 Å². The summed E-state index contributed by atoms with van der Waals surface area (Å²) in [7, 11) is 3.23. The highest BCUT2D eigenvalue weighted by molar-refractivity contribution is 8.01. The smallest absolute Gasteiger partial charge is 0.236 e. The molecule has 2 amide bonds. The van der Waals surface area contributed by atoms with Gasteiger partial charge in [-0.25, -0.2) is 0 Å². The molecule has 2 fully saturated rings. The molecular formula is C18H24N2O4S. The molecule has 0 unspecified atom stereocenters. The van der Waals surface area contributed by atoms with Crippen LogP contribution < -0.4 is 14.8 Å². The maximum Gasteiger partial charge on any atom is 0.236 e. The van der Waals surface area contributed by atoms with Crippen LogP contribution in [-0.4, -0.2) is 48.8 Å². The Hall–Kier alpha value is -1.89. The zero-order valence-electron chi connectivity index (χ0n) is 14.8. The van der Waals surface area contributed by atoms with Crippen LogP contribution in [0.5, 0.6) is 11.5 Å².